The third kappa shape index (κ3) is 3.45. The molecular weight excluding hydrogens is 262 g/mol. The molecule has 6 heteroatoms. The summed E-state index contributed by atoms with van der Waals surface area (Å²) in [5.41, 5.74) is 0.628. The van der Waals surface area contributed by atoms with E-state index < -0.39 is 5.97 Å². The molecule has 1 aliphatic heterocycles. The molecule has 5 nitrogen and oxygen atoms in total. The van der Waals surface area contributed by atoms with Gasteiger partial charge in [-0.3, -0.25) is 0 Å². The van der Waals surface area contributed by atoms with Gasteiger partial charge < -0.3 is 14.9 Å². The van der Waals surface area contributed by atoms with Gasteiger partial charge in [-0.05, 0) is 39.8 Å². The molecule has 2 rings (SSSR count). The number of carboxylic acids is 1. The third-order valence-corrected chi connectivity index (χ3v) is 4.69. The lowest BCUT2D eigenvalue weighted by Crippen LogP contribution is -2.37. The molecule has 1 aromatic rings. The number of aromatic carboxylic acids is 1. The summed E-state index contributed by atoms with van der Waals surface area (Å²) >= 11 is 1.29. The predicted octanol–water partition coefficient (Wildman–Crippen LogP) is 1.93. The molecule has 0 saturated carbocycles. The fourth-order valence-electron chi connectivity index (χ4n) is 2.54. The molecule has 106 valence electrons. The molecule has 0 spiro atoms. The number of carbonyl (C=O) groups is 1. The maximum absolute atomic E-state index is 11.0. The Morgan fingerprint density at radius 1 is 1.47 bits per heavy atom. The number of anilines is 1. The van der Waals surface area contributed by atoms with Gasteiger partial charge in [0.05, 0.1) is 5.69 Å². The van der Waals surface area contributed by atoms with Crippen molar-refractivity contribution in [2.75, 3.05) is 38.6 Å². The second-order valence-corrected chi connectivity index (χ2v) is 6.39. The summed E-state index contributed by atoms with van der Waals surface area (Å²) in [4.78, 5) is 20.2. The van der Waals surface area contributed by atoms with Crippen molar-refractivity contribution in [3.05, 3.63) is 10.6 Å². The Balaban J connectivity index is 1.98. The average molecular weight is 283 g/mol. The number of thiazole rings is 1. The van der Waals surface area contributed by atoms with Gasteiger partial charge in [-0.1, -0.05) is 11.3 Å². The van der Waals surface area contributed by atoms with E-state index in [1.165, 1.54) is 11.3 Å². The highest BCUT2D eigenvalue weighted by Gasteiger charge is 2.23. The molecule has 1 aromatic heterocycles. The normalized spacial score (nSPS) is 17.2. The van der Waals surface area contributed by atoms with E-state index in [0.717, 1.165) is 43.5 Å². The van der Waals surface area contributed by atoms with Gasteiger partial charge >= 0.3 is 5.97 Å². The summed E-state index contributed by atoms with van der Waals surface area (Å²) in [7, 11) is 4.21. The van der Waals surface area contributed by atoms with Crippen molar-refractivity contribution >= 4 is 22.4 Å². The van der Waals surface area contributed by atoms with Crippen molar-refractivity contribution in [1.82, 2.24) is 9.88 Å². The van der Waals surface area contributed by atoms with Gasteiger partial charge in [0, 0.05) is 19.6 Å². The van der Waals surface area contributed by atoms with Crippen LogP contribution in [0.15, 0.2) is 0 Å². The standard InChI is InChI=1S/C13H21N3O2S/c1-9-11(12(17)18)19-13(14-9)16-6-4-10(5-7-16)8-15(2)3/h10H,4-8H2,1-3H3,(H,17,18). The van der Waals surface area contributed by atoms with Crippen molar-refractivity contribution < 1.29 is 9.90 Å². The van der Waals surface area contributed by atoms with Crippen LogP contribution in [0.5, 0.6) is 0 Å². The molecule has 0 aliphatic carbocycles. The van der Waals surface area contributed by atoms with Crippen molar-refractivity contribution in [2.45, 2.75) is 19.8 Å². The number of carboxylic acid groups (broad SMARTS) is 1. The van der Waals surface area contributed by atoms with E-state index in [0.29, 0.717) is 10.6 Å². The van der Waals surface area contributed by atoms with Gasteiger partial charge in [0.25, 0.3) is 0 Å². The molecule has 1 saturated heterocycles. The Kier molecular flexibility index (Phi) is 4.42. The van der Waals surface area contributed by atoms with Crippen molar-refractivity contribution in [1.29, 1.82) is 0 Å². The van der Waals surface area contributed by atoms with Gasteiger partial charge in [-0.15, -0.1) is 0 Å². The topological polar surface area (TPSA) is 56.7 Å². The fourth-order valence-corrected chi connectivity index (χ4v) is 3.50. The van der Waals surface area contributed by atoms with Crippen molar-refractivity contribution in [3.8, 4) is 0 Å². The van der Waals surface area contributed by atoms with Crippen LogP contribution < -0.4 is 4.90 Å². The summed E-state index contributed by atoms with van der Waals surface area (Å²) in [6.45, 7) is 4.85. The SMILES string of the molecule is Cc1nc(N2CCC(CN(C)C)CC2)sc1C(=O)O. The maximum atomic E-state index is 11.0. The zero-order valence-electron chi connectivity index (χ0n) is 11.7. The van der Waals surface area contributed by atoms with Gasteiger partial charge in [0.15, 0.2) is 5.13 Å². The Morgan fingerprint density at radius 2 is 2.11 bits per heavy atom. The Morgan fingerprint density at radius 3 is 2.58 bits per heavy atom. The van der Waals surface area contributed by atoms with E-state index >= 15 is 0 Å². The zero-order valence-corrected chi connectivity index (χ0v) is 12.5. The van der Waals surface area contributed by atoms with Crippen LogP contribution >= 0.6 is 11.3 Å². The largest absolute Gasteiger partial charge is 0.477 e. The second-order valence-electron chi connectivity index (χ2n) is 5.41. The molecule has 0 aromatic carbocycles. The van der Waals surface area contributed by atoms with E-state index in [1.54, 1.807) is 6.92 Å². The van der Waals surface area contributed by atoms with E-state index in [1.807, 2.05) is 0 Å². The smallest absolute Gasteiger partial charge is 0.347 e. The number of hydrogen-bond acceptors (Lipinski definition) is 5. The maximum Gasteiger partial charge on any atom is 0.347 e. The first-order chi connectivity index (χ1) is 8.97. The molecule has 1 N–H and O–H groups in total. The number of aryl methyl sites for hydroxylation is 1. The molecule has 0 amide bonds. The number of aromatic nitrogens is 1. The molecule has 0 unspecified atom stereocenters. The van der Waals surface area contributed by atoms with Crippen LogP contribution in [0, 0.1) is 12.8 Å². The minimum Gasteiger partial charge on any atom is -0.477 e. The zero-order chi connectivity index (χ0) is 14.0. The lowest BCUT2D eigenvalue weighted by molar-refractivity contribution is 0.0701. The molecule has 19 heavy (non-hydrogen) atoms. The van der Waals surface area contributed by atoms with E-state index in [4.69, 9.17) is 5.11 Å². The Hall–Kier alpha value is -1.14. The number of rotatable bonds is 4. The molecule has 1 aliphatic rings. The van der Waals surface area contributed by atoms with Gasteiger partial charge in [-0.2, -0.15) is 0 Å². The number of nitrogens with zero attached hydrogens (tertiary/aromatic N) is 3. The number of piperidine rings is 1. The van der Waals surface area contributed by atoms with Crippen LogP contribution in [0.4, 0.5) is 5.13 Å². The molecule has 1 fully saturated rings. The lowest BCUT2D eigenvalue weighted by Gasteiger charge is -2.32. The first kappa shape index (κ1) is 14.3. The highest BCUT2D eigenvalue weighted by molar-refractivity contribution is 7.17. The molecular formula is C13H21N3O2S. The molecule has 0 atom stereocenters. The summed E-state index contributed by atoms with van der Waals surface area (Å²) in [6, 6.07) is 0. The van der Waals surface area contributed by atoms with Crippen LogP contribution in [0.25, 0.3) is 0 Å². The van der Waals surface area contributed by atoms with Gasteiger partial charge in [0.1, 0.15) is 4.88 Å². The second kappa shape index (κ2) is 5.88. The Labute approximate surface area is 117 Å². The van der Waals surface area contributed by atoms with E-state index in [2.05, 4.69) is 28.9 Å². The monoisotopic (exact) mass is 283 g/mol. The average Bonchev–Trinajstić information content (AvgIpc) is 2.71. The first-order valence-electron chi connectivity index (χ1n) is 6.57. The van der Waals surface area contributed by atoms with Gasteiger partial charge in [0.2, 0.25) is 0 Å². The van der Waals surface area contributed by atoms with Crippen LogP contribution in [-0.4, -0.2) is 54.7 Å². The summed E-state index contributed by atoms with van der Waals surface area (Å²) in [5, 5.41) is 9.92. The van der Waals surface area contributed by atoms with Crippen molar-refractivity contribution in [2.24, 2.45) is 5.92 Å². The Bertz CT molecular complexity index is 451. The van der Waals surface area contributed by atoms with Crippen LogP contribution in [0.1, 0.15) is 28.2 Å². The van der Waals surface area contributed by atoms with Crippen molar-refractivity contribution in [3.63, 3.8) is 0 Å². The number of hydrogen-bond donors (Lipinski definition) is 1. The van der Waals surface area contributed by atoms with E-state index in [-0.39, 0.29) is 0 Å². The van der Waals surface area contributed by atoms with Crippen LogP contribution in [-0.2, 0) is 0 Å². The minimum absolute atomic E-state index is 0.366. The van der Waals surface area contributed by atoms with Crippen LogP contribution in [0.2, 0.25) is 0 Å². The van der Waals surface area contributed by atoms with Gasteiger partial charge in [-0.25, -0.2) is 9.78 Å². The third-order valence-electron chi connectivity index (χ3n) is 3.49. The predicted molar refractivity (Wildman–Crippen MR) is 77.3 cm³/mol. The summed E-state index contributed by atoms with van der Waals surface area (Å²) in [5.74, 6) is -0.130. The highest BCUT2D eigenvalue weighted by Crippen LogP contribution is 2.29. The first-order valence-corrected chi connectivity index (χ1v) is 7.39. The minimum atomic E-state index is -0.872. The van der Waals surface area contributed by atoms with E-state index in [9.17, 15) is 4.79 Å². The fraction of sp³-hybridized carbons (Fsp3) is 0.692. The molecule has 2 heterocycles. The van der Waals surface area contributed by atoms with Crippen LogP contribution in [0.3, 0.4) is 0 Å². The summed E-state index contributed by atoms with van der Waals surface area (Å²) in [6.07, 6.45) is 2.30. The summed E-state index contributed by atoms with van der Waals surface area (Å²) < 4.78 is 0. The molecule has 0 bridgehead atoms. The quantitative estimate of drug-likeness (QED) is 0.915. The highest BCUT2D eigenvalue weighted by atomic mass is 32.1. The lowest BCUT2D eigenvalue weighted by atomic mass is 9.97. The molecule has 0 radical (unpaired) electrons.